The predicted molar refractivity (Wildman–Crippen MR) is 75.9 cm³/mol. The van der Waals surface area contributed by atoms with Crippen molar-refractivity contribution < 1.29 is 0 Å². The Balaban J connectivity index is 2.06. The van der Waals surface area contributed by atoms with E-state index in [1.54, 1.807) is 0 Å². The highest BCUT2D eigenvalue weighted by Gasteiger charge is 2.19. The molecule has 106 valence electrons. The SMILES string of the molecule is CNC1CCCN(Cc2nc(N)nc(N(C)C)n2)C1. The van der Waals surface area contributed by atoms with Crippen LogP contribution in [0.2, 0.25) is 0 Å². The number of nitrogens with one attached hydrogen (secondary N) is 1. The van der Waals surface area contributed by atoms with Crippen LogP contribution in [0.25, 0.3) is 0 Å². The highest BCUT2D eigenvalue weighted by Crippen LogP contribution is 2.13. The normalized spacial score (nSPS) is 20.5. The van der Waals surface area contributed by atoms with Crippen molar-refractivity contribution in [3.63, 3.8) is 0 Å². The number of nitrogen functional groups attached to an aromatic ring is 1. The van der Waals surface area contributed by atoms with E-state index in [2.05, 4.69) is 25.2 Å². The summed E-state index contributed by atoms with van der Waals surface area (Å²) in [5, 5.41) is 3.33. The predicted octanol–water partition coefficient (Wildman–Crippen LogP) is -0.296. The van der Waals surface area contributed by atoms with Gasteiger partial charge in [0.2, 0.25) is 11.9 Å². The highest BCUT2D eigenvalue weighted by atomic mass is 15.3. The maximum atomic E-state index is 5.74. The maximum Gasteiger partial charge on any atom is 0.229 e. The zero-order valence-electron chi connectivity index (χ0n) is 11.9. The van der Waals surface area contributed by atoms with E-state index in [0.29, 0.717) is 12.0 Å². The first kappa shape index (κ1) is 14.0. The molecule has 1 fully saturated rings. The van der Waals surface area contributed by atoms with Gasteiger partial charge in [-0.15, -0.1) is 0 Å². The second-order valence-corrected chi connectivity index (χ2v) is 5.17. The van der Waals surface area contributed by atoms with E-state index in [-0.39, 0.29) is 5.95 Å². The molecule has 1 aliphatic heterocycles. The van der Waals surface area contributed by atoms with E-state index in [4.69, 9.17) is 5.73 Å². The van der Waals surface area contributed by atoms with Gasteiger partial charge in [0, 0.05) is 26.7 Å². The van der Waals surface area contributed by atoms with Crippen LogP contribution in [-0.4, -0.2) is 60.1 Å². The molecule has 7 nitrogen and oxygen atoms in total. The van der Waals surface area contributed by atoms with Crippen LogP contribution in [0.5, 0.6) is 0 Å². The molecule has 1 aromatic rings. The fraction of sp³-hybridized carbons (Fsp3) is 0.750. The lowest BCUT2D eigenvalue weighted by Crippen LogP contribution is -2.44. The average Bonchev–Trinajstić information content (AvgIpc) is 2.38. The van der Waals surface area contributed by atoms with Gasteiger partial charge in [-0.2, -0.15) is 15.0 Å². The molecule has 0 spiro atoms. The molecule has 2 heterocycles. The summed E-state index contributed by atoms with van der Waals surface area (Å²) in [5.74, 6) is 1.65. The standard InChI is InChI=1S/C12H23N7/c1-14-9-5-4-6-19(7-9)8-10-15-11(13)17-12(16-10)18(2)3/h9,14H,4-8H2,1-3H3,(H2,13,15,16,17). The zero-order valence-corrected chi connectivity index (χ0v) is 11.9. The Bertz CT molecular complexity index is 421. The van der Waals surface area contributed by atoms with Crippen LogP contribution < -0.4 is 16.0 Å². The molecule has 1 saturated heterocycles. The van der Waals surface area contributed by atoms with Crippen LogP contribution in [0.3, 0.4) is 0 Å². The van der Waals surface area contributed by atoms with Gasteiger partial charge in [-0.05, 0) is 26.4 Å². The molecule has 0 aromatic carbocycles. The Labute approximate surface area is 114 Å². The van der Waals surface area contributed by atoms with Gasteiger partial charge in [0.1, 0.15) is 5.82 Å². The third kappa shape index (κ3) is 3.74. The molecule has 3 N–H and O–H groups in total. The fourth-order valence-corrected chi connectivity index (χ4v) is 2.33. The second kappa shape index (κ2) is 6.12. The number of piperidine rings is 1. The summed E-state index contributed by atoms with van der Waals surface area (Å²) in [6.45, 7) is 2.84. The Morgan fingerprint density at radius 2 is 2.16 bits per heavy atom. The molecule has 7 heteroatoms. The van der Waals surface area contributed by atoms with Crippen LogP contribution in [0.1, 0.15) is 18.7 Å². The van der Waals surface area contributed by atoms with E-state index >= 15 is 0 Å². The molecule has 1 aromatic heterocycles. The third-order valence-corrected chi connectivity index (χ3v) is 3.37. The maximum absolute atomic E-state index is 5.74. The van der Waals surface area contributed by atoms with Crippen molar-refractivity contribution in [1.82, 2.24) is 25.2 Å². The number of rotatable bonds is 4. The van der Waals surface area contributed by atoms with E-state index in [9.17, 15) is 0 Å². The van der Waals surface area contributed by atoms with Crippen LogP contribution >= 0.6 is 0 Å². The number of aromatic nitrogens is 3. The summed E-state index contributed by atoms with van der Waals surface area (Å²) < 4.78 is 0. The van der Waals surface area contributed by atoms with Crippen molar-refractivity contribution >= 4 is 11.9 Å². The molecule has 0 amide bonds. The summed E-state index contributed by atoms with van der Waals surface area (Å²) in [7, 11) is 5.81. The van der Waals surface area contributed by atoms with Gasteiger partial charge >= 0.3 is 0 Å². The Morgan fingerprint density at radius 1 is 1.37 bits per heavy atom. The summed E-state index contributed by atoms with van der Waals surface area (Å²) >= 11 is 0. The van der Waals surface area contributed by atoms with Crippen molar-refractivity contribution in [3.05, 3.63) is 5.82 Å². The number of likely N-dealkylation sites (N-methyl/N-ethyl adjacent to an activating group) is 1. The van der Waals surface area contributed by atoms with E-state index in [1.165, 1.54) is 12.8 Å². The molecule has 1 unspecified atom stereocenters. The summed E-state index contributed by atoms with van der Waals surface area (Å²) in [6, 6.07) is 0.557. The Morgan fingerprint density at radius 3 is 2.84 bits per heavy atom. The minimum absolute atomic E-state index is 0.288. The summed E-state index contributed by atoms with van der Waals surface area (Å²) in [6.07, 6.45) is 2.43. The van der Waals surface area contributed by atoms with Crippen molar-refractivity contribution in [1.29, 1.82) is 0 Å². The van der Waals surface area contributed by atoms with Crippen molar-refractivity contribution in [3.8, 4) is 0 Å². The van der Waals surface area contributed by atoms with Crippen LogP contribution in [-0.2, 0) is 6.54 Å². The molecular weight excluding hydrogens is 242 g/mol. The van der Waals surface area contributed by atoms with E-state index in [1.807, 2.05) is 26.0 Å². The topological polar surface area (TPSA) is 83.2 Å². The van der Waals surface area contributed by atoms with Crippen molar-refractivity contribution in [2.24, 2.45) is 0 Å². The second-order valence-electron chi connectivity index (χ2n) is 5.17. The lowest BCUT2D eigenvalue weighted by Gasteiger charge is -2.32. The molecular formula is C12H23N7. The monoisotopic (exact) mass is 265 g/mol. The molecule has 0 aliphatic carbocycles. The first-order valence-corrected chi connectivity index (χ1v) is 6.66. The number of likely N-dealkylation sites (tertiary alicyclic amines) is 1. The fourth-order valence-electron chi connectivity index (χ4n) is 2.33. The average molecular weight is 265 g/mol. The van der Waals surface area contributed by atoms with Crippen molar-refractivity contribution in [2.45, 2.75) is 25.4 Å². The molecule has 1 aliphatic rings. The number of nitrogens with two attached hydrogens (primary N) is 1. The Hall–Kier alpha value is -1.47. The van der Waals surface area contributed by atoms with Gasteiger partial charge in [0.25, 0.3) is 0 Å². The third-order valence-electron chi connectivity index (χ3n) is 3.37. The van der Waals surface area contributed by atoms with Gasteiger partial charge in [0.05, 0.1) is 6.54 Å². The molecule has 0 radical (unpaired) electrons. The van der Waals surface area contributed by atoms with Crippen LogP contribution in [0.15, 0.2) is 0 Å². The summed E-state index contributed by atoms with van der Waals surface area (Å²) in [4.78, 5) is 17.0. The van der Waals surface area contributed by atoms with Crippen LogP contribution in [0.4, 0.5) is 11.9 Å². The lowest BCUT2D eigenvalue weighted by molar-refractivity contribution is 0.184. The minimum atomic E-state index is 0.288. The van der Waals surface area contributed by atoms with Crippen LogP contribution in [0, 0.1) is 0 Å². The molecule has 2 rings (SSSR count). The smallest absolute Gasteiger partial charge is 0.229 e. The van der Waals surface area contributed by atoms with Crippen molar-refractivity contribution in [2.75, 3.05) is 44.9 Å². The van der Waals surface area contributed by atoms with Gasteiger partial charge in [-0.3, -0.25) is 4.90 Å². The van der Waals surface area contributed by atoms with E-state index in [0.717, 1.165) is 25.5 Å². The molecule has 0 saturated carbocycles. The largest absolute Gasteiger partial charge is 0.368 e. The molecule has 0 bridgehead atoms. The first-order valence-electron chi connectivity index (χ1n) is 6.66. The lowest BCUT2D eigenvalue weighted by atomic mass is 10.1. The Kier molecular flexibility index (Phi) is 4.49. The number of hydrogen-bond acceptors (Lipinski definition) is 7. The van der Waals surface area contributed by atoms with Gasteiger partial charge in [-0.25, -0.2) is 0 Å². The highest BCUT2D eigenvalue weighted by molar-refractivity contribution is 5.32. The quantitative estimate of drug-likeness (QED) is 0.773. The summed E-state index contributed by atoms with van der Waals surface area (Å²) in [5.41, 5.74) is 5.74. The number of nitrogens with zero attached hydrogens (tertiary/aromatic N) is 5. The number of anilines is 2. The zero-order chi connectivity index (χ0) is 13.8. The van der Waals surface area contributed by atoms with Gasteiger partial charge in [0.15, 0.2) is 0 Å². The first-order chi connectivity index (χ1) is 9.08. The molecule has 19 heavy (non-hydrogen) atoms. The molecule has 1 atom stereocenters. The number of hydrogen-bond donors (Lipinski definition) is 2. The van der Waals surface area contributed by atoms with E-state index < -0.39 is 0 Å². The van der Waals surface area contributed by atoms with Gasteiger partial charge < -0.3 is 16.0 Å². The minimum Gasteiger partial charge on any atom is -0.368 e. The van der Waals surface area contributed by atoms with Gasteiger partial charge in [-0.1, -0.05) is 0 Å².